The average molecular weight is 435 g/mol. The fourth-order valence-corrected chi connectivity index (χ4v) is 4.76. The molecular formula is C26H34N4O2. The van der Waals surface area contributed by atoms with Crippen LogP contribution in [0.3, 0.4) is 0 Å². The van der Waals surface area contributed by atoms with Crippen molar-refractivity contribution in [3.63, 3.8) is 0 Å². The second-order valence-corrected chi connectivity index (χ2v) is 8.78. The Bertz CT molecular complexity index is 962. The lowest BCUT2D eigenvalue weighted by atomic mass is 10.1. The highest BCUT2D eigenvalue weighted by Gasteiger charge is 2.35. The number of anilines is 4. The summed E-state index contributed by atoms with van der Waals surface area (Å²) in [4.78, 5) is 32.0. The van der Waals surface area contributed by atoms with Crippen molar-refractivity contribution in [2.24, 2.45) is 5.92 Å². The molecule has 2 aliphatic heterocycles. The summed E-state index contributed by atoms with van der Waals surface area (Å²) in [5.41, 5.74) is 5.07. The summed E-state index contributed by atoms with van der Waals surface area (Å²) in [5.74, 6) is -0.427. The van der Waals surface area contributed by atoms with Crippen LogP contribution in [-0.4, -0.2) is 44.5 Å². The van der Waals surface area contributed by atoms with Gasteiger partial charge in [-0.05, 0) is 81.6 Å². The lowest BCUT2D eigenvalue weighted by Gasteiger charge is -2.22. The predicted octanol–water partition coefficient (Wildman–Crippen LogP) is 4.43. The summed E-state index contributed by atoms with van der Waals surface area (Å²) >= 11 is 0. The monoisotopic (exact) mass is 434 g/mol. The van der Waals surface area contributed by atoms with E-state index < -0.39 is 0 Å². The minimum Gasteiger partial charge on any atom is -0.372 e. The van der Waals surface area contributed by atoms with Gasteiger partial charge >= 0.3 is 0 Å². The van der Waals surface area contributed by atoms with Crippen LogP contribution in [-0.2, 0) is 9.59 Å². The Labute approximate surface area is 191 Å². The third-order valence-electron chi connectivity index (χ3n) is 6.72. The summed E-state index contributed by atoms with van der Waals surface area (Å²) in [6.45, 7) is 10.8. The van der Waals surface area contributed by atoms with Gasteiger partial charge in [-0.25, -0.2) is 0 Å². The Balaban J connectivity index is 1.40. The number of hydrogen-bond acceptors (Lipinski definition) is 4. The van der Waals surface area contributed by atoms with Crippen molar-refractivity contribution in [3.05, 3.63) is 48.0 Å². The summed E-state index contributed by atoms with van der Waals surface area (Å²) in [6.07, 6.45) is 2.72. The van der Waals surface area contributed by atoms with Gasteiger partial charge in [0.15, 0.2) is 0 Å². The van der Waals surface area contributed by atoms with Crippen LogP contribution >= 0.6 is 0 Å². The largest absolute Gasteiger partial charge is 0.372 e. The van der Waals surface area contributed by atoms with E-state index in [4.69, 9.17) is 0 Å². The minimum atomic E-state index is -0.345. The van der Waals surface area contributed by atoms with Crippen LogP contribution in [0.2, 0.25) is 0 Å². The number of hydrogen-bond donors (Lipinski definition) is 1. The Morgan fingerprint density at radius 3 is 2.31 bits per heavy atom. The van der Waals surface area contributed by atoms with E-state index in [1.165, 1.54) is 18.5 Å². The molecule has 6 nitrogen and oxygen atoms in total. The van der Waals surface area contributed by atoms with Crippen molar-refractivity contribution >= 4 is 34.6 Å². The summed E-state index contributed by atoms with van der Waals surface area (Å²) in [7, 11) is 0. The van der Waals surface area contributed by atoms with Crippen LogP contribution < -0.4 is 20.0 Å². The summed E-state index contributed by atoms with van der Waals surface area (Å²) < 4.78 is 0. The number of rotatable bonds is 7. The molecule has 2 aromatic carbocycles. The SMILES string of the molecule is CCN(CC)c1ccc(NC(=O)C2CC(=O)N(c3ccc(N4CCCC4)cc3)C2)c(C)c1. The molecule has 0 bridgehead atoms. The molecule has 0 aromatic heterocycles. The summed E-state index contributed by atoms with van der Waals surface area (Å²) in [5, 5.41) is 3.05. The van der Waals surface area contributed by atoms with Gasteiger partial charge in [-0.1, -0.05) is 0 Å². The van der Waals surface area contributed by atoms with E-state index in [0.29, 0.717) is 6.54 Å². The molecular weight excluding hydrogens is 400 g/mol. The molecule has 1 N–H and O–H groups in total. The Hall–Kier alpha value is -3.02. The van der Waals surface area contributed by atoms with E-state index in [1.54, 1.807) is 4.90 Å². The maximum absolute atomic E-state index is 12.9. The topological polar surface area (TPSA) is 55.9 Å². The number of aryl methyl sites for hydroxylation is 1. The Morgan fingerprint density at radius 2 is 1.69 bits per heavy atom. The number of carbonyl (C=O) groups excluding carboxylic acids is 2. The molecule has 2 amide bonds. The average Bonchev–Trinajstić information content (AvgIpc) is 3.47. The number of nitrogens with zero attached hydrogens (tertiary/aromatic N) is 3. The van der Waals surface area contributed by atoms with Crippen molar-refractivity contribution in [1.82, 2.24) is 0 Å². The molecule has 32 heavy (non-hydrogen) atoms. The number of nitrogens with one attached hydrogen (secondary N) is 1. The third-order valence-corrected chi connectivity index (χ3v) is 6.72. The number of carbonyl (C=O) groups is 2. The molecule has 2 aromatic rings. The molecule has 1 atom stereocenters. The lowest BCUT2D eigenvalue weighted by molar-refractivity contribution is -0.122. The smallest absolute Gasteiger partial charge is 0.229 e. The number of amides is 2. The van der Waals surface area contributed by atoms with E-state index in [2.05, 4.69) is 47.2 Å². The maximum Gasteiger partial charge on any atom is 0.229 e. The Morgan fingerprint density at radius 1 is 1.03 bits per heavy atom. The fourth-order valence-electron chi connectivity index (χ4n) is 4.76. The van der Waals surface area contributed by atoms with E-state index in [1.807, 2.05) is 31.2 Å². The van der Waals surface area contributed by atoms with Crippen LogP contribution in [0.4, 0.5) is 22.7 Å². The first-order valence-electron chi connectivity index (χ1n) is 11.8. The molecule has 0 saturated carbocycles. The zero-order chi connectivity index (χ0) is 22.7. The van der Waals surface area contributed by atoms with Crippen molar-refractivity contribution in [3.8, 4) is 0 Å². The molecule has 0 aliphatic carbocycles. The van der Waals surface area contributed by atoms with Crippen LogP contribution in [0.1, 0.15) is 38.7 Å². The molecule has 6 heteroatoms. The molecule has 0 spiro atoms. The van der Waals surface area contributed by atoms with Gasteiger partial charge in [0.05, 0.1) is 5.92 Å². The Kier molecular flexibility index (Phi) is 6.68. The van der Waals surface area contributed by atoms with Crippen molar-refractivity contribution in [2.45, 2.75) is 40.0 Å². The van der Waals surface area contributed by atoms with E-state index in [0.717, 1.165) is 48.8 Å². The first-order valence-corrected chi connectivity index (χ1v) is 11.8. The first kappa shape index (κ1) is 22.2. The lowest BCUT2D eigenvalue weighted by Crippen LogP contribution is -2.28. The zero-order valence-corrected chi connectivity index (χ0v) is 19.4. The maximum atomic E-state index is 12.9. The van der Waals surface area contributed by atoms with Gasteiger partial charge in [-0.15, -0.1) is 0 Å². The summed E-state index contributed by atoms with van der Waals surface area (Å²) in [6, 6.07) is 14.3. The molecule has 4 rings (SSSR count). The van der Waals surface area contributed by atoms with E-state index >= 15 is 0 Å². The second-order valence-electron chi connectivity index (χ2n) is 8.78. The second kappa shape index (κ2) is 9.63. The first-order chi connectivity index (χ1) is 15.5. The van der Waals surface area contributed by atoms with Gasteiger partial charge in [-0.3, -0.25) is 9.59 Å². The van der Waals surface area contributed by atoms with Gasteiger partial charge in [0.25, 0.3) is 0 Å². The normalized spacial score (nSPS) is 18.3. The molecule has 2 saturated heterocycles. The molecule has 1 unspecified atom stereocenters. The highest BCUT2D eigenvalue weighted by Crippen LogP contribution is 2.30. The quantitative estimate of drug-likeness (QED) is 0.700. The molecule has 170 valence electrons. The highest BCUT2D eigenvalue weighted by atomic mass is 16.2. The highest BCUT2D eigenvalue weighted by molar-refractivity contribution is 6.03. The van der Waals surface area contributed by atoms with Crippen molar-refractivity contribution in [1.29, 1.82) is 0 Å². The number of benzene rings is 2. The molecule has 2 aliphatic rings. The van der Waals surface area contributed by atoms with Crippen molar-refractivity contribution < 1.29 is 9.59 Å². The van der Waals surface area contributed by atoms with Crippen molar-refractivity contribution in [2.75, 3.05) is 52.7 Å². The fraction of sp³-hybridized carbons (Fsp3) is 0.462. The van der Waals surface area contributed by atoms with Crippen LogP contribution in [0.15, 0.2) is 42.5 Å². The zero-order valence-electron chi connectivity index (χ0n) is 19.4. The van der Waals surface area contributed by atoms with Gasteiger partial charge in [0.1, 0.15) is 0 Å². The predicted molar refractivity (Wildman–Crippen MR) is 132 cm³/mol. The molecule has 2 fully saturated rings. The minimum absolute atomic E-state index is 0.00711. The van der Waals surface area contributed by atoms with Gasteiger partial charge in [-0.2, -0.15) is 0 Å². The van der Waals surface area contributed by atoms with E-state index in [-0.39, 0.29) is 24.2 Å². The van der Waals surface area contributed by atoms with Crippen LogP contribution in [0, 0.1) is 12.8 Å². The third kappa shape index (κ3) is 4.59. The standard InChI is InChI=1S/C26H34N4O2/c1-4-28(5-2)23-12-13-24(19(3)16-23)27-26(32)20-17-25(31)30(18-20)22-10-8-21(9-11-22)29-14-6-7-15-29/h8-13,16,20H,4-7,14-15,17-18H2,1-3H3,(H,27,32). The van der Waals surface area contributed by atoms with Crippen LogP contribution in [0.25, 0.3) is 0 Å². The van der Waals surface area contributed by atoms with Gasteiger partial charge in [0, 0.05) is 61.9 Å². The van der Waals surface area contributed by atoms with Gasteiger partial charge < -0.3 is 20.0 Å². The molecule has 0 radical (unpaired) electrons. The molecule has 2 heterocycles. The van der Waals surface area contributed by atoms with Crippen LogP contribution in [0.5, 0.6) is 0 Å². The van der Waals surface area contributed by atoms with E-state index in [9.17, 15) is 9.59 Å². The van der Waals surface area contributed by atoms with Gasteiger partial charge in [0.2, 0.25) is 11.8 Å².